The lowest BCUT2D eigenvalue weighted by Gasteiger charge is -2.49. The first-order valence-corrected chi connectivity index (χ1v) is 9.28. The van der Waals surface area contributed by atoms with E-state index in [1.165, 1.54) is 18.9 Å². The van der Waals surface area contributed by atoms with Gasteiger partial charge in [-0.2, -0.15) is 0 Å². The summed E-state index contributed by atoms with van der Waals surface area (Å²) in [5.41, 5.74) is 0.0511. The molecule has 1 aromatic heterocycles. The van der Waals surface area contributed by atoms with Gasteiger partial charge in [0.25, 0.3) is 0 Å². The molecule has 4 rings (SSSR count). The highest BCUT2D eigenvalue weighted by Gasteiger charge is 2.49. The molecule has 0 unspecified atom stereocenters. The zero-order valence-corrected chi connectivity index (χ0v) is 14.4. The van der Waals surface area contributed by atoms with E-state index in [0.717, 1.165) is 49.5 Å². The number of hydrogen-bond donors (Lipinski definition) is 1. The largest absolute Gasteiger partial charge is 0.301 e. The Hall–Kier alpha value is -1.56. The van der Waals surface area contributed by atoms with Gasteiger partial charge in [0, 0.05) is 6.07 Å². The zero-order chi connectivity index (χ0) is 16.9. The molecule has 0 atom stereocenters. The Kier molecular flexibility index (Phi) is 3.64. The van der Waals surface area contributed by atoms with E-state index in [9.17, 15) is 13.6 Å². The van der Waals surface area contributed by atoms with Crippen molar-refractivity contribution in [2.24, 2.45) is 10.8 Å². The van der Waals surface area contributed by atoms with E-state index < -0.39 is 11.6 Å². The van der Waals surface area contributed by atoms with Gasteiger partial charge in [-0.1, -0.05) is 31.1 Å². The van der Waals surface area contributed by atoms with Gasteiger partial charge in [-0.05, 0) is 43.6 Å². The van der Waals surface area contributed by atoms with Crippen LogP contribution in [-0.2, 0) is 4.79 Å². The second-order valence-electron chi connectivity index (χ2n) is 7.68. The number of amides is 1. The third-order valence-corrected chi connectivity index (χ3v) is 6.67. The predicted molar refractivity (Wildman–Crippen MR) is 91.0 cm³/mol. The maximum atomic E-state index is 13.8. The first kappa shape index (κ1) is 15.9. The van der Waals surface area contributed by atoms with Crippen LogP contribution in [0.5, 0.6) is 0 Å². The van der Waals surface area contributed by atoms with Crippen LogP contribution in [0.15, 0.2) is 12.1 Å². The number of aromatic nitrogens is 1. The Morgan fingerprint density at radius 3 is 2.62 bits per heavy atom. The van der Waals surface area contributed by atoms with Crippen molar-refractivity contribution in [3.05, 3.63) is 23.8 Å². The minimum atomic E-state index is -0.692. The number of anilines is 1. The maximum Gasteiger partial charge on any atom is 0.232 e. The summed E-state index contributed by atoms with van der Waals surface area (Å²) in [5.74, 6) is -1.33. The van der Waals surface area contributed by atoms with Crippen molar-refractivity contribution in [3.63, 3.8) is 0 Å². The number of fused-ring (bicyclic) bond motifs is 3. The van der Waals surface area contributed by atoms with Gasteiger partial charge in [0.05, 0.1) is 10.1 Å². The number of carbonyl (C=O) groups excluding carboxylic acids is 1. The second kappa shape index (κ2) is 5.48. The standard InChI is InChI=1S/C18H20F2N2OS/c1-17-4-2-6-18(10-17,7-3-5-17)15(23)22-16-21-14-12(20)8-11(19)9-13(14)24-16/h8-9H,2-7,10H2,1H3,(H,21,22,23). The first-order valence-electron chi connectivity index (χ1n) is 8.46. The Bertz CT molecular complexity index is 807. The fourth-order valence-corrected chi connectivity index (χ4v) is 5.58. The number of halogens is 2. The number of rotatable bonds is 2. The summed E-state index contributed by atoms with van der Waals surface area (Å²) in [7, 11) is 0. The van der Waals surface area contributed by atoms with Crippen LogP contribution in [0.25, 0.3) is 10.2 Å². The summed E-state index contributed by atoms with van der Waals surface area (Å²) in [6.07, 6.45) is 7.25. The minimum Gasteiger partial charge on any atom is -0.301 e. The van der Waals surface area contributed by atoms with Gasteiger partial charge < -0.3 is 5.32 Å². The summed E-state index contributed by atoms with van der Waals surface area (Å²) >= 11 is 1.12. The molecule has 2 aliphatic carbocycles. The van der Waals surface area contributed by atoms with E-state index in [1.807, 2.05) is 0 Å². The molecule has 6 heteroatoms. The summed E-state index contributed by atoms with van der Waals surface area (Å²) in [5, 5.41) is 3.24. The topological polar surface area (TPSA) is 42.0 Å². The molecule has 0 radical (unpaired) electrons. The van der Waals surface area contributed by atoms with Crippen LogP contribution >= 0.6 is 11.3 Å². The molecule has 2 saturated carbocycles. The van der Waals surface area contributed by atoms with Crippen LogP contribution in [-0.4, -0.2) is 10.9 Å². The van der Waals surface area contributed by atoms with E-state index in [1.54, 1.807) is 0 Å². The van der Waals surface area contributed by atoms with Crippen molar-refractivity contribution >= 4 is 32.6 Å². The Morgan fingerprint density at radius 2 is 1.92 bits per heavy atom. The van der Waals surface area contributed by atoms with Gasteiger partial charge in [0.2, 0.25) is 5.91 Å². The summed E-state index contributed by atoms with van der Waals surface area (Å²) in [6.45, 7) is 2.28. The molecule has 1 amide bonds. The highest BCUT2D eigenvalue weighted by atomic mass is 32.1. The molecule has 0 saturated heterocycles. The van der Waals surface area contributed by atoms with E-state index in [-0.39, 0.29) is 22.3 Å². The predicted octanol–water partition coefficient (Wildman–Crippen LogP) is 5.26. The monoisotopic (exact) mass is 350 g/mol. The van der Waals surface area contributed by atoms with Gasteiger partial charge in [-0.15, -0.1) is 0 Å². The fraction of sp³-hybridized carbons (Fsp3) is 0.556. The molecule has 0 aliphatic heterocycles. The average Bonchev–Trinajstić information content (AvgIpc) is 2.89. The van der Waals surface area contributed by atoms with Crippen LogP contribution in [0.4, 0.5) is 13.9 Å². The molecule has 2 bridgehead atoms. The third-order valence-electron chi connectivity index (χ3n) is 5.75. The zero-order valence-electron chi connectivity index (χ0n) is 13.6. The average molecular weight is 350 g/mol. The number of thiazole rings is 1. The smallest absolute Gasteiger partial charge is 0.232 e. The van der Waals surface area contributed by atoms with Crippen LogP contribution in [0.1, 0.15) is 51.9 Å². The number of nitrogens with zero attached hydrogens (tertiary/aromatic N) is 1. The quantitative estimate of drug-likeness (QED) is 0.802. The molecule has 1 aromatic carbocycles. The summed E-state index contributed by atoms with van der Waals surface area (Å²) in [6, 6.07) is 2.07. The molecule has 2 fully saturated rings. The Labute approximate surface area is 143 Å². The maximum absolute atomic E-state index is 13.8. The highest BCUT2D eigenvalue weighted by molar-refractivity contribution is 7.22. The van der Waals surface area contributed by atoms with Crippen molar-refractivity contribution in [1.82, 2.24) is 4.98 Å². The molecule has 0 spiro atoms. The van der Waals surface area contributed by atoms with Crippen molar-refractivity contribution < 1.29 is 13.6 Å². The van der Waals surface area contributed by atoms with Crippen LogP contribution in [0.2, 0.25) is 0 Å². The number of carbonyl (C=O) groups is 1. The fourth-order valence-electron chi connectivity index (χ4n) is 4.68. The summed E-state index contributed by atoms with van der Waals surface area (Å²) in [4.78, 5) is 17.1. The molecule has 2 aliphatic rings. The SMILES string of the molecule is CC12CCCC(C(=O)Nc3nc4c(F)cc(F)cc4s3)(CCC1)C2. The van der Waals surface area contributed by atoms with Gasteiger partial charge in [-0.3, -0.25) is 4.79 Å². The lowest BCUT2D eigenvalue weighted by atomic mass is 9.55. The normalized spacial score (nSPS) is 29.6. The third kappa shape index (κ3) is 2.61. The van der Waals surface area contributed by atoms with E-state index in [4.69, 9.17) is 0 Å². The molecule has 3 nitrogen and oxygen atoms in total. The van der Waals surface area contributed by atoms with Crippen molar-refractivity contribution in [2.45, 2.75) is 51.9 Å². The summed E-state index contributed by atoms with van der Waals surface area (Å²) < 4.78 is 27.5. The van der Waals surface area contributed by atoms with Crippen LogP contribution < -0.4 is 5.32 Å². The Morgan fingerprint density at radius 1 is 1.21 bits per heavy atom. The minimum absolute atomic E-state index is 0.00642. The molecule has 1 N–H and O–H groups in total. The van der Waals surface area contributed by atoms with Gasteiger partial charge in [0.1, 0.15) is 11.3 Å². The van der Waals surface area contributed by atoms with Gasteiger partial charge >= 0.3 is 0 Å². The van der Waals surface area contributed by atoms with Crippen LogP contribution in [0, 0.1) is 22.5 Å². The highest BCUT2D eigenvalue weighted by Crippen LogP contribution is 2.55. The molecule has 1 heterocycles. The molecule has 128 valence electrons. The van der Waals surface area contributed by atoms with Crippen molar-refractivity contribution in [3.8, 4) is 0 Å². The number of benzene rings is 1. The lowest BCUT2D eigenvalue weighted by molar-refractivity contribution is -0.133. The van der Waals surface area contributed by atoms with E-state index >= 15 is 0 Å². The van der Waals surface area contributed by atoms with Crippen molar-refractivity contribution in [2.75, 3.05) is 5.32 Å². The molecular formula is C18H20F2N2OS. The molecule has 24 heavy (non-hydrogen) atoms. The lowest BCUT2D eigenvalue weighted by Crippen LogP contribution is -2.46. The number of hydrogen-bond acceptors (Lipinski definition) is 3. The molecule has 2 aromatic rings. The van der Waals surface area contributed by atoms with E-state index in [0.29, 0.717) is 9.83 Å². The van der Waals surface area contributed by atoms with E-state index in [2.05, 4.69) is 17.2 Å². The molecular weight excluding hydrogens is 330 g/mol. The van der Waals surface area contributed by atoms with Crippen molar-refractivity contribution in [1.29, 1.82) is 0 Å². The number of nitrogens with one attached hydrogen (secondary N) is 1. The first-order chi connectivity index (χ1) is 11.4. The Balaban J connectivity index is 1.61. The second-order valence-corrected chi connectivity index (χ2v) is 8.71. The van der Waals surface area contributed by atoms with Gasteiger partial charge in [0.15, 0.2) is 10.9 Å². The van der Waals surface area contributed by atoms with Crippen LogP contribution in [0.3, 0.4) is 0 Å². The van der Waals surface area contributed by atoms with Gasteiger partial charge in [-0.25, -0.2) is 13.8 Å².